The number of hydrogen-bond acceptors (Lipinski definition) is 2. The summed E-state index contributed by atoms with van der Waals surface area (Å²) in [4.78, 5) is 0. The van der Waals surface area contributed by atoms with Gasteiger partial charge in [-0.05, 0) is 39.5 Å². The molecule has 0 radical (unpaired) electrons. The molecule has 0 fully saturated rings. The first-order valence-corrected chi connectivity index (χ1v) is 6.19. The minimum Gasteiger partial charge on any atom is -0.329 e. The van der Waals surface area contributed by atoms with Crippen molar-refractivity contribution >= 4 is 0 Å². The lowest BCUT2D eigenvalue weighted by molar-refractivity contribution is 0.308. The Bertz CT molecular complexity index is 233. The van der Waals surface area contributed by atoms with Crippen LogP contribution in [0.3, 0.4) is 0 Å². The van der Waals surface area contributed by atoms with E-state index in [1.807, 2.05) is 0 Å². The molecule has 88 valence electrons. The van der Waals surface area contributed by atoms with Crippen molar-refractivity contribution < 1.29 is 0 Å². The lowest BCUT2D eigenvalue weighted by atomic mass is 9.85. The van der Waals surface area contributed by atoms with Crippen LogP contribution in [-0.4, -0.2) is 18.6 Å². The second-order valence-electron chi connectivity index (χ2n) is 5.05. The fourth-order valence-corrected chi connectivity index (χ4v) is 2.59. The Hall–Kier alpha value is -0.340. The van der Waals surface area contributed by atoms with Crippen molar-refractivity contribution in [3.63, 3.8) is 0 Å². The SMILES string of the molecule is CCC1CC(C)=C(C)CC(C)NC1CN. The molecule has 0 saturated carbocycles. The van der Waals surface area contributed by atoms with Gasteiger partial charge in [0.1, 0.15) is 0 Å². The first-order chi connectivity index (χ1) is 7.08. The fraction of sp³-hybridized carbons (Fsp3) is 0.846. The molecule has 3 N–H and O–H groups in total. The third-order valence-electron chi connectivity index (χ3n) is 3.76. The number of nitrogens with two attached hydrogens (primary N) is 1. The smallest absolute Gasteiger partial charge is 0.0224 e. The van der Waals surface area contributed by atoms with E-state index in [1.54, 1.807) is 11.1 Å². The minimum atomic E-state index is 0.494. The second kappa shape index (κ2) is 5.66. The summed E-state index contributed by atoms with van der Waals surface area (Å²) in [6.07, 6.45) is 3.59. The van der Waals surface area contributed by atoms with Crippen LogP contribution in [0.2, 0.25) is 0 Å². The van der Waals surface area contributed by atoms with Gasteiger partial charge < -0.3 is 11.1 Å². The van der Waals surface area contributed by atoms with Gasteiger partial charge in [0.25, 0.3) is 0 Å². The monoisotopic (exact) mass is 210 g/mol. The molecule has 0 amide bonds. The van der Waals surface area contributed by atoms with Crippen LogP contribution in [0.25, 0.3) is 0 Å². The average Bonchev–Trinajstić information content (AvgIpc) is 2.20. The van der Waals surface area contributed by atoms with E-state index in [0.29, 0.717) is 18.0 Å². The third kappa shape index (κ3) is 3.32. The zero-order valence-electron chi connectivity index (χ0n) is 10.6. The molecule has 1 rings (SSSR count). The first-order valence-electron chi connectivity index (χ1n) is 6.19. The van der Waals surface area contributed by atoms with E-state index in [9.17, 15) is 0 Å². The van der Waals surface area contributed by atoms with Gasteiger partial charge >= 0.3 is 0 Å². The first kappa shape index (κ1) is 12.7. The second-order valence-corrected chi connectivity index (χ2v) is 5.05. The van der Waals surface area contributed by atoms with Gasteiger partial charge in [-0.2, -0.15) is 0 Å². The molecule has 2 heteroatoms. The number of hydrogen-bond donors (Lipinski definition) is 2. The largest absolute Gasteiger partial charge is 0.329 e. The molecular weight excluding hydrogens is 184 g/mol. The maximum atomic E-state index is 5.85. The molecule has 0 aliphatic carbocycles. The normalized spacial score (nSPS) is 33.8. The van der Waals surface area contributed by atoms with E-state index in [1.165, 1.54) is 19.3 Å². The highest BCUT2D eigenvalue weighted by molar-refractivity contribution is 5.13. The van der Waals surface area contributed by atoms with Crippen molar-refractivity contribution in [2.24, 2.45) is 11.7 Å². The van der Waals surface area contributed by atoms with Crippen molar-refractivity contribution in [3.8, 4) is 0 Å². The third-order valence-corrected chi connectivity index (χ3v) is 3.76. The summed E-state index contributed by atoms with van der Waals surface area (Å²) in [6.45, 7) is 9.84. The summed E-state index contributed by atoms with van der Waals surface area (Å²) in [5.74, 6) is 0.702. The highest BCUT2D eigenvalue weighted by Crippen LogP contribution is 2.25. The van der Waals surface area contributed by atoms with Crippen LogP contribution in [0.15, 0.2) is 11.1 Å². The van der Waals surface area contributed by atoms with E-state index in [0.717, 1.165) is 6.54 Å². The van der Waals surface area contributed by atoms with Crippen molar-refractivity contribution in [2.45, 2.75) is 59.0 Å². The van der Waals surface area contributed by atoms with Crippen molar-refractivity contribution in [2.75, 3.05) is 6.54 Å². The van der Waals surface area contributed by atoms with Gasteiger partial charge in [0.2, 0.25) is 0 Å². The number of allylic oxidation sites excluding steroid dienone is 1. The molecule has 0 bridgehead atoms. The molecule has 0 aromatic rings. The maximum absolute atomic E-state index is 5.85. The van der Waals surface area contributed by atoms with E-state index in [4.69, 9.17) is 5.73 Å². The Kier molecular flexibility index (Phi) is 4.81. The van der Waals surface area contributed by atoms with Crippen LogP contribution in [0.4, 0.5) is 0 Å². The van der Waals surface area contributed by atoms with Crippen LogP contribution in [-0.2, 0) is 0 Å². The zero-order valence-corrected chi connectivity index (χ0v) is 10.6. The predicted molar refractivity (Wildman–Crippen MR) is 66.8 cm³/mol. The summed E-state index contributed by atoms with van der Waals surface area (Å²) in [6, 6.07) is 1.05. The van der Waals surface area contributed by atoms with Gasteiger partial charge in [-0.25, -0.2) is 0 Å². The Balaban J connectivity index is 2.83. The molecule has 0 saturated heterocycles. The summed E-state index contributed by atoms with van der Waals surface area (Å²) in [5.41, 5.74) is 8.99. The van der Waals surface area contributed by atoms with Crippen LogP contribution < -0.4 is 11.1 Å². The molecule has 1 heterocycles. The summed E-state index contributed by atoms with van der Waals surface area (Å²) < 4.78 is 0. The molecule has 0 spiro atoms. The molecule has 3 unspecified atom stereocenters. The van der Waals surface area contributed by atoms with Gasteiger partial charge in [0.05, 0.1) is 0 Å². The van der Waals surface area contributed by atoms with Crippen molar-refractivity contribution in [1.29, 1.82) is 0 Å². The van der Waals surface area contributed by atoms with Gasteiger partial charge in [0.15, 0.2) is 0 Å². The van der Waals surface area contributed by atoms with Crippen LogP contribution in [0.1, 0.15) is 47.0 Å². The average molecular weight is 210 g/mol. The predicted octanol–water partition coefficient (Wildman–Crippen LogP) is 2.45. The standard InChI is InChI=1S/C13H26N2/c1-5-12-7-10(3)9(2)6-11(4)15-13(12)8-14/h11-13,15H,5-8,14H2,1-4H3. The molecule has 3 atom stereocenters. The van der Waals surface area contributed by atoms with Gasteiger partial charge in [0, 0.05) is 18.6 Å². The molecule has 2 nitrogen and oxygen atoms in total. The summed E-state index contributed by atoms with van der Waals surface area (Å²) >= 11 is 0. The summed E-state index contributed by atoms with van der Waals surface area (Å²) in [5, 5.41) is 3.66. The highest BCUT2D eigenvalue weighted by atomic mass is 15.0. The molecule has 0 aromatic heterocycles. The van der Waals surface area contributed by atoms with Crippen LogP contribution >= 0.6 is 0 Å². The van der Waals surface area contributed by atoms with Crippen LogP contribution in [0, 0.1) is 5.92 Å². The van der Waals surface area contributed by atoms with Gasteiger partial charge in [-0.15, -0.1) is 0 Å². The maximum Gasteiger partial charge on any atom is 0.0224 e. The Morgan fingerprint density at radius 3 is 2.40 bits per heavy atom. The van der Waals surface area contributed by atoms with E-state index in [-0.39, 0.29) is 0 Å². The quantitative estimate of drug-likeness (QED) is 0.687. The van der Waals surface area contributed by atoms with Crippen molar-refractivity contribution in [1.82, 2.24) is 5.32 Å². The lowest BCUT2D eigenvalue weighted by Gasteiger charge is -2.33. The number of nitrogens with one attached hydrogen (secondary N) is 1. The van der Waals surface area contributed by atoms with Gasteiger partial charge in [-0.1, -0.05) is 24.5 Å². The zero-order chi connectivity index (χ0) is 11.4. The minimum absolute atomic E-state index is 0.494. The Labute approximate surface area is 94.3 Å². The Morgan fingerprint density at radius 2 is 1.87 bits per heavy atom. The fourth-order valence-electron chi connectivity index (χ4n) is 2.59. The topological polar surface area (TPSA) is 38.0 Å². The summed E-state index contributed by atoms with van der Waals surface area (Å²) in [7, 11) is 0. The lowest BCUT2D eigenvalue weighted by Crippen LogP contribution is -2.47. The van der Waals surface area contributed by atoms with E-state index in [2.05, 4.69) is 33.0 Å². The molecule has 1 aliphatic rings. The molecule has 0 aromatic carbocycles. The molecular formula is C13H26N2. The van der Waals surface area contributed by atoms with E-state index < -0.39 is 0 Å². The van der Waals surface area contributed by atoms with Gasteiger partial charge in [-0.3, -0.25) is 0 Å². The van der Waals surface area contributed by atoms with E-state index >= 15 is 0 Å². The van der Waals surface area contributed by atoms with Crippen molar-refractivity contribution in [3.05, 3.63) is 11.1 Å². The molecule has 1 aliphatic heterocycles. The highest BCUT2D eigenvalue weighted by Gasteiger charge is 2.23. The molecule has 15 heavy (non-hydrogen) atoms. The Morgan fingerprint density at radius 1 is 1.27 bits per heavy atom. The number of rotatable bonds is 2. The van der Waals surface area contributed by atoms with Crippen LogP contribution in [0.5, 0.6) is 0 Å².